The Labute approximate surface area is 185 Å². The Morgan fingerprint density at radius 1 is 1.11 bits per heavy atom. The molecule has 8 heteroatoms. The van der Waals surface area contributed by atoms with Crippen molar-refractivity contribution in [1.29, 1.82) is 0 Å². The fraction of sp³-hybridized carbons (Fsp3) is 0.650. The van der Waals surface area contributed by atoms with Crippen LogP contribution in [0.25, 0.3) is 0 Å². The third kappa shape index (κ3) is 5.64. The van der Waals surface area contributed by atoms with Gasteiger partial charge in [0.2, 0.25) is 0 Å². The lowest BCUT2D eigenvalue weighted by Crippen LogP contribution is -2.47. The number of morpholine rings is 1. The van der Waals surface area contributed by atoms with E-state index >= 15 is 0 Å². The summed E-state index contributed by atoms with van der Waals surface area (Å²) in [5.74, 6) is 2.51. The second-order valence-corrected chi connectivity index (χ2v) is 6.90. The smallest absolute Gasteiger partial charge is 0.193 e. The summed E-state index contributed by atoms with van der Waals surface area (Å²) in [5, 5.41) is 3.59. The first-order valence-electron chi connectivity index (χ1n) is 9.76. The van der Waals surface area contributed by atoms with E-state index in [1.807, 2.05) is 13.1 Å². The first-order valence-corrected chi connectivity index (χ1v) is 9.76. The molecule has 2 aliphatic heterocycles. The minimum atomic E-state index is 0. The van der Waals surface area contributed by atoms with E-state index in [1.165, 1.54) is 18.4 Å². The molecule has 0 bridgehead atoms. The highest BCUT2D eigenvalue weighted by molar-refractivity contribution is 14.0. The molecule has 7 nitrogen and oxygen atoms in total. The first kappa shape index (κ1) is 23.0. The molecular formula is C20H33IN4O3. The lowest BCUT2D eigenvalue weighted by atomic mass is 10.0. The van der Waals surface area contributed by atoms with Gasteiger partial charge < -0.3 is 24.4 Å². The maximum atomic E-state index is 5.56. The summed E-state index contributed by atoms with van der Waals surface area (Å²) in [5.41, 5.74) is 1.21. The zero-order chi connectivity index (χ0) is 19.1. The number of methoxy groups -OCH3 is 2. The van der Waals surface area contributed by atoms with Crippen LogP contribution in [0, 0.1) is 0 Å². The normalized spacial score (nSPS) is 19.1. The minimum Gasteiger partial charge on any atom is -0.493 e. The summed E-state index contributed by atoms with van der Waals surface area (Å²) in [6, 6.07) is 6.41. The minimum absolute atomic E-state index is 0. The van der Waals surface area contributed by atoms with Gasteiger partial charge in [-0.1, -0.05) is 6.07 Å². The summed E-state index contributed by atoms with van der Waals surface area (Å²) < 4.78 is 16.5. The van der Waals surface area contributed by atoms with E-state index in [-0.39, 0.29) is 30.0 Å². The number of likely N-dealkylation sites (tertiary alicyclic amines) is 1. The van der Waals surface area contributed by atoms with Gasteiger partial charge in [-0.3, -0.25) is 9.89 Å². The summed E-state index contributed by atoms with van der Waals surface area (Å²) in [4.78, 5) is 9.29. The van der Waals surface area contributed by atoms with Crippen LogP contribution in [-0.4, -0.2) is 83.0 Å². The second-order valence-electron chi connectivity index (χ2n) is 6.90. The third-order valence-corrected chi connectivity index (χ3v) is 5.35. The number of halogens is 1. The number of ether oxygens (including phenoxy) is 3. The van der Waals surface area contributed by atoms with E-state index < -0.39 is 0 Å². The van der Waals surface area contributed by atoms with Crippen LogP contribution < -0.4 is 14.8 Å². The number of benzene rings is 1. The highest BCUT2D eigenvalue weighted by atomic mass is 127. The molecule has 2 aliphatic rings. The van der Waals surface area contributed by atoms with Crippen LogP contribution in [0.2, 0.25) is 0 Å². The fourth-order valence-electron chi connectivity index (χ4n) is 3.86. The standard InChI is InChI=1S/C20H32N4O3.HI/c1-21-20(24-8-4-5-9-24)22-15-17(23-10-12-27-13-11-23)16-6-7-18(25-2)19(14-16)26-3;/h6-7,14,17H,4-5,8-13,15H2,1-3H3,(H,21,22);1H. The molecule has 1 unspecified atom stereocenters. The molecule has 0 amide bonds. The fourth-order valence-corrected chi connectivity index (χ4v) is 3.86. The molecule has 0 spiro atoms. The molecule has 158 valence electrons. The van der Waals surface area contributed by atoms with E-state index in [0.29, 0.717) is 0 Å². The predicted octanol–water partition coefficient (Wildman–Crippen LogP) is 2.37. The van der Waals surface area contributed by atoms with Gasteiger partial charge in [0.05, 0.1) is 33.5 Å². The Morgan fingerprint density at radius 3 is 2.39 bits per heavy atom. The Kier molecular flexibility index (Phi) is 9.60. The largest absolute Gasteiger partial charge is 0.493 e. The average molecular weight is 504 g/mol. The zero-order valence-corrected chi connectivity index (χ0v) is 19.5. The van der Waals surface area contributed by atoms with Gasteiger partial charge in [-0.2, -0.15) is 0 Å². The summed E-state index contributed by atoms with van der Waals surface area (Å²) >= 11 is 0. The van der Waals surface area contributed by atoms with Crippen LogP contribution >= 0.6 is 24.0 Å². The number of nitrogens with one attached hydrogen (secondary N) is 1. The molecule has 1 N–H and O–H groups in total. The number of hydrogen-bond donors (Lipinski definition) is 1. The Bertz CT molecular complexity index is 632. The van der Waals surface area contributed by atoms with Crippen molar-refractivity contribution in [2.24, 2.45) is 4.99 Å². The Hall–Kier alpha value is -1.26. The SMILES string of the molecule is CN=C(NCC(c1ccc(OC)c(OC)c1)N1CCOCC1)N1CCCC1.I. The predicted molar refractivity (Wildman–Crippen MR) is 122 cm³/mol. The number of aliphatic imine (C=N–C) groups is 1. The van der Waals surface area contributed by atoms with Crippen molar-refractivity contribution in [3.8, 4) is 11.5 Å². The van der Waals surface area contributed by atoms with Crippen LogP contribution in [0.1, 0.15) is 24.4 Å². The monoisotopic (exact) mass is 504 g/mol. The van der Waals surface area contributed by atoms with Crippen molar-refractivity contribution in [3.05, 3.63) is 23.8 Å². The molecule has 0 radical (unpaired) electrons. The molecule has 1 aromatic carbocycles. The van der Waals surface area contributed by atoms with E-state index in [9.17, 15) is 0 Å². The number of nitrogens with zero attached hydrogens (tertiary/aromatic N) is 3. The molecule has 0 aliphatic carbocycles. The zero-order valence-electron chi connectivity index (χ0n) is 17.1. The van der Waals surface area contributed by atoms with Crippen LogP contribution in [0.3, 0.4) is 0 Å². The number of guanidine groups is 1. The van der Waals surface area contributed by atoms with Gasteiger partial charge in [-0.25, -0.2) is 0 Å². The molecule has 1 atom stereocenters. The van der Waals surface area contributed by atoms with Crippen molar-refractivity contribution < 1.29 is 14.2 Å². The van der Waals surface area contributed by atoms with Gasteiger partial charge in [0.25, 0.3) is 0 Å². The summed E-state index contributed by atoms with van der Waals surface area (Å²) in [6.45, 7) is 6.33. The van der Waals surface area contributed by atoms with Crippen LogP contribution in [-0.2, 0) is 4.74 Å². The molecule has 28 heavy (non-hydrogen) atoms. The molecule has 0 aromatic heterocycles. The molecule has 3 rings (SSSR count). The Morgan fingerprint density at radius 2 is 1.79 bits per heavy atom. The van der Waals surface area contributed by atoms with Gasteiger partial charge in [-0.15, -0.1) is 24.0 Å². The Balaban J connectivity index is 0.00000280. The van der Waals surface area contributed by atoms with Crippen molar-refractivity contribution in [2.75, 3.05) is 67.2 Å². The van der Waals surface area contributed by atoms with Crippen molar-refractivity contribution in [1.82, 2.24) is 15.1 Å². The molecule has 1 aromatic rings. The van der Waals surface area contributed by atoms with E-state index in [0.717, 1.165) is 63.4 Å². The average Bonchev–Trinajstić information content (AvgIpc) is 3.26. The van der Waals surface area contributed by atoms with Crippen LogP contribution in [0.15, 0.2) is 23.2 Å². The molecular weight excluding hydrogens is 471 g/mol. The topological polar surface area (TPSA) is 58.6 Å². The van der Waals surface area contributed by atoms with Crippen molar-refractivity contribution in [3.63, 3.8) is 0 Å². The summed E-state index contributed by atoms with van der Waals surface area (Å²) in [6.07, 6.45) is 2.48. The lowest BCUT2D eigenvalue weighted by Gasteiger charge is -2.36. The van der Waals surface area contributed by atoms with Gasteiger partial charge in [-0.05, 0) is 30.5 Å². The van der Waals surface area contributed by atoms with Crippen molar-refractivity contribution >= 4 is 29.9 Å². The third-order valence-electron chi connectivity index (χ3n) is 5.35. The molecule has 2 saturated heterocycles. The molecule has 2 fully saturated rings. The van der Waals surface area contributed by atoms with Gasteiger partial charge in [0.15, 0.2) is 17.5 Å². The number of hydrogen-bond acceptors (Lipinski definition) is 5. The highest BCUT2D eigenvalue weighted by Crippen LogP contribution is 2.32. The van der Waals surface area contributed by atoms with E-state index in [4.69, 9.17) is 14.2 Å². The maximum Gasteiger partial charge on any atom is 0.193 e. The quantitative estimate of drug-likeness (QED) is 0.365. The van der Waals surface area contributed by atoms with Gasteiger partial charge in [0, 0.05) is 39.8 Å². The molecule has 0 saturated carbocycles. The number of rotatable bonds is 6. The second kappa shape index (κ2) is 11.7. The van der Waals surface area contributed by atoms with Gasteiger partial charge >= 0.3 is 0 Å². The van der Waals surface area contributed by atoms with Crippen molar-refractivity contribution in [2.45, 2.75) is 18.9 Å². The first-order chi connectivity index (χ1) is 13.3. The van der Waals surface area contributed by atoms with Crippen LogP contribution in [0.5, 0.6) is 11.5 Å². The van der Waals surface area contributed by atoms with Gasteiger partial charge in [0.1, 0.15) is 0 Å². The molecule has 2 heterocycles. The van der Waals surface area contributed by atoms with Crippen LogP contribution in [0.4, 0.5) is 0 Å². The van der Waals surface area contributed by atoms with E-state index in [2.05, 4.69) is 32.2 Å². The highest BCUT2D eigenvalue weighted by Gasteiger charge is 2.25. The summed E-state index contributed by atoms with van der Waals surface area (Å²) in [7, 11) is 5.21. The maximum absolute atomic E-state index is 5.56. The van der Waals surface area contributed by atoms with E-state index in [1.54, 1.807) is 14.2 Å². The lowest BCUT2D eigenvalue weighted by molar-refractivity contribution is 0.0168.